The molecule has 2 rings (SSSR count). The molecule has 1 aromatic rings. The van der Waals surface area contributed by atoms with E-state index in [9.17, 15) is 0 Å². The number of aliphatic hydroxyl groups excluding tert-OH is 1. The minimum atomic E-state index is -0.589. The van der Waals surface area contributed by atoms with E-state index in [1.165, 1.54) is 0 Å². The number of unbranched alkanes of at least 4 members (excludes halogenated alkanes) is 1. The summed E-state index contributed by atoms with van der Waals surface area (Å²) < 4.78 is 11.8. The van der Waals surface area contributed by atoms with Crippen LogP contribution in [0.5, 0.6) is 0 Å². The SMILES string of the molecule is OCCCCC1(c2ccccc2)OCCCO1. The van der Waals surface area contributed by atoms with Gasteiger partial charge in [0.05, 0.1) is 13.2 Å². The highest BCUT2D eigenvalue weighted by molar-refractivity contribution is 5.20. The molecule has 1 aliphatic heterocycles. The molecule has 0 saturated carbocycles. The van der Waals surface area contributed by atoms with Gasteiger partial charge in [0, 0.05) is 18.6 Å². The second-order valence-corrected chi connectivity index (χ2v) is 4.35. The number of benzene rings is 1. The van der Waals surface area contributed by atoms with Gasteiger partial charge in [-0.1, -0.05) is 30.3 Å². The van der Waals surface area contributed by atoms with Gasteiger partial charge in [0.1, 0.15) is 0 Å². The Balaban J connectivity index is 2.11. The first-order chi connectivity index (χ1) is 8.37. The standard InChI is InChI=1S/C14H20O3/c15-10-5-4-9-14(16-11-6-12-17-14)13-7-2-1-3-8-13/h1-3,7-8,15H,4-6,9-12H2. The Morgan fingerprint density at radius 2 is 1.76 bits per heavy atom. The van der Waals surface area contributed by atoms with Gasteiger partial charge in [-0.25, -0.2) is 0 Å². The van der Waals surface area contributed by atoms with Crippen LogP contribution in [0, 0.1) is 0 Å². The molecule has 3 heteroatoms. The first-order valence-corrected chi connectivity index (χ1v) is 6.32. The van der Waals surface area contributed by atoms with Gasteiger partial charge in [0.15, 0.2) is 5.79 Å². The number of hydrogen-bond acceptors (Lipinski definition) is 3. The third kappa shape index (κ3) is 3.06. The monoisotopic (exact) mass is 236 g/mol. The van der Waals surface area contributed by atoms with Crippen LogP contribution in [-0.2, 0) is 15.3 Å². The number of rotatable bonds is 5. The highest BCUT2D eigenvalue weighted by Crippen LogP contribution is 2.35. The molecule has 17 heavy (non-hydrogen) atoms. The third-order valence-electron chi connectivity index (χ3n) is 3.09. The van der Waals surface area contributed by atoms with E-state index < -0.39 is 5.79 Å². The molecule has 3 nitrogen and oxygen atoms in total. The van der Waals surface area contributed by atoms with Gasteiger partial charge in [-0.15, -0.1) is 0 Å². The van der Waals surface area contributed by atoms with Gasteiger partial charge in [-0.2, -0.15) is 0 Å². The van der Waals surface area contributed by atoms with Crippen LogP contribution in [-0.4, -0.2) is 24.9 Å². The van der Waals surface area contributed by atoms with Crippen LogP contribution in [0.25, 0.3) is 0 Å². The molecule has 1 aromatic carbocycles. The molecule has 1 fully saturated rings. The zero-order valence-electron chi connectivity index (χ0n) is 10.1. The van der Waals surface area contributed by atoms with Crippen molar-refractivity contribution in [3.8, 4) is 0 Å². The van der Waals surface area contributed by atoms with Gasteiger partial charge >= 0.3 is 0 Å². The van der Waals surface area contributed by atoms with Crippen molar-refractivity contribution < 1.29 is 14.6 Å². The molecular formula is C14H20O3. The first-order valence-electron chi connectivity index (χ1n) is 6.32. The Labute approximate surface area is 102 Å². The van der Waals surface area contributed by atoms with Crippen LogP contribution in [0.1, 0.15) is 31.2 Å². The van der Waals surface area contributed by atoms with Gasteiger partial charge in [-0.3, -0.25) is 0 Å². The van der Waals surface area contributed by atoms with E-state index in [2.05, 4.69) is 0 Å². The lowest BCUT2D eigenvalue weighted by Gasteiger charge is -2.37. The second kappa shape index (κ2) is 6.15. The predicted molar refractivity (Wildman–Crippen MR) is 65.6 cm³/mol. The van der Waals surface area contributed by atoms with Crippen molar-refractivity contribution in [3.05, 3.63) is 35.9 Å². The Kier molecular flexibility index (Phi) is 4.54. The summed E-state index contributed by atoms with van der Waals surface area (Å²) >= 11 is 0. The van der Waals surface area contributed by atoms with Crippen molar-refractivity contribution in [3.63, 3.8) is 0 Å². The van der Waals surface area contributed by atoms with Crippen LogP contribution < -0.4 is 0 Å². The van der Waals surface area contributed by atoms with Crippen LogP contribution in [0.3, 0.4) is 0 Å². The van der Waals surface area contributed by atoms with Crippen LogP contribution in [0.15, 0.2) is 30.3 Å². The lowest BCUT2D eigenvalue weighted by Crippen LogP contribution is -2.38. The van der Waals surface area contributed by atoms with Crippen LogP contribution in [0.2, 0.25) is 0 Å². The fourth-order valence-corrected chi connectivity index (χ4v) is 2.19. The lowest BCUT2D eigenvalue weighted by molar-refractivity contribution is -0.280. The molecule has 0 bridgehead atoms. The van der Waals surface area contributed by atoms with Crippen molar-refractivity contribution in [1.29, 1.82) is 0 Å². The lowest BCUT2D eigenvalue weighted by atomic mass is 9.98. The molecular weight excluding hydrogens is 216 g/mol. The Morgan fingerprint density at radius 1 is 1.06 bits per heavy atom. The maximum Gasteiger partial charge on any atom is 0.194 e. The first kappa shape index (κ1) is 12.6. The summed E-state index contributed by atoms with van der Waals surface area (Å²) in [4.78, 5) is 0. The fraction of sp³-hybridized carbons (Fsp3) is 0.571. The van der Waals surface area contributed by atoms with Crippen molar-refractivity contribution in [2.45, 2.75) is 31.5 Å². The summed E-state index contributed by atoms with van der Waals surface area (Å²) in [7, 11) is 0. The summed E-state index contributed by atoms with van der Waals surface area (Å²) in [5.41, 5.74) is 1.08. The normalized spacial score (nSPS) is 19.1. The molecule has 94 valence electrons. The highest BCUT2D eigenvalue weighted by atomic mass is 16.7. The van der Waals surface area contributed by atoms with E-state index in [0.29, 0.717) is 0 Å². The van der Waals surface area contributed by atoms with Gasteiger partial charge in [0.2, 0.25) is 0 Å². The smallest absolute Gasteiger partial charge is 0.194 e. The van der Waals surface area contributed by atoms with E-state index in [4.69, 9.17) is 14.6 Å². The van der Waals surface area contributed by atoms with Crippen LogP contribution in [0.4, 0.5) is 0 Å². The van der Waals surface area contributed by atoms with Gasteiger partial charge in [-0.05, 0) is 19.3 Å². The molecule has 0 amide bonds. The number of hydrogen-bond donors (Lipinski definition) is 1. The molecule has 1 saturated heterocycles. The molecule has 0 aromatic heterocycles. The van der Waals surface area contributed by atoms with Crippen molar-refractivity contribution in [1.82, 2.24) is 0 Å². The minimum Gasteiger partial charge on any atom is -0.396 e. The van der Waals surface area contributed by atoms with E-state index >= 15 is 0 Å². The van der Waals surface area contributed by atoms with E-state index in [-0.39, 0.29) is 6.61 Å². The maximum atomic E-state index is 8.87. The summed E-state index contributed by atoms with van der Waals surface area (Å²) in [5.74, 6) is -0.589. The van der Waals surface area contributed by atoms with E-state index in [1.807, 2.05) is 30.3 Å². The number of ether oxygens (including phenoxy) is 2. The molecule has 1 N–H and O–H groups in total. The topological polar surface area (TPSA) is 38.7 Å². The third-order valence-corrected chi connectivity index (χ3v) is 3.09. The predicted octanol–water partition coefficient (Wildman–Crippen LogP) is 2.44. The largest absolute Gasteiger partial charge is 0.396 e. The molecule has 0 spiro atoms. The van der Waals surface area contributed by atoms with E-state index in [0.717, 1.165) is 44.5 Å². The minimum absolute atomic E-state index is 0.227. The number of aliphatic hydroxyl groups is 1. The molecule has 1 heterocycles. The van der Waals surface area contributed by atoms with E-state index in [1.54, 1.807) is 0 Å². The molecule has 0 radical (unpaired) electrons. The Bertz CT molecular complexity index is 317. The van der Waals surface area contributed by atoms with Crippen molar-refractivity contribution in [2.75, 3.05) is 19.8 Å². The zero-order chi connectivity index (χ0) is 12.0. The Hall–Kier alpha value is -0.900. The molecule has 0 aliphatic carbocycles. The highest BCUT2D eigenvalue weighted by Gasteiger charge is 2.35. The van der Waals surface area contributed by atoms with Gasteiger partial charge in [0.25, 0.3) is 0 Å². The molecule has 0 atom stereocenters. The average Bonchev–Trinajstić information content (AvgIpc) is 2.41. The summed E-state index contributed by atoms with van der Waals surface area (Å²) in [6.07, 6.45) is 3.46. The van der Waals surface area contributed by atoms with Crippen molar-refractivity contribution in [2.24, 2.45) is 0 Å². The average molecular weight is 236 g/mol. The molecule has 1 aliphatic rings. The molecule has 0 unspecified atom stereocenters. The summed E-state index contributed by atoms with van der Waals surface area (Å²) in [6.45, 7) is 1.72. The second-order valence-electron chi connectivity index (χ2n) is 4.35. The summed E-state index contributed by atoms with van der Waals surface area (Å²) in [6, 6.07) is 10.1. The fourth-order valence-electron chi connectivity index (χ4n) is 2.19. The van der Waals surface area contributed by atoms with Crippen molar-refractivity contribution >= 4 is 0 Å². The van der Waals surface area contributed by atoms with Gasteiger partial charge < -0.3 is 14.6 Å². The zero-order valence-corrected chi connectivity index (χ0v) is 10.1. The van der Waals surface area contributed by atoms with Crippen LogP contribution >= 0.6 is 0 Å². The summed E-state index contributed by atoms with van der Waals surface area (Å²) in [5, 5.41) is 8.87. The Morgan fingerprint density at radius 3 is 2.41 bits per heavy atom. The maximum absolute atomic E-state index is 8.87. The quantitative estimate of drug-likeness (QED) is 0.798.